The van der Waals surface area contributed by atoms with Crippen molar-refractivity contribution in [2.45, 2.75) is 0 Å². The van der Waals surface area contributed by atoms with Crippen molar-refractivity contribution in [3.63, 3.8) is 0 Å². The summed E-state index contributed by atoms with van der Waals surface area (Å²) in [4.78, 5) is 0. The molecule has 0 saturated heterocycles. The molecule has 0 unspecified atom stereocenters. The third-order valence-corrected chi connectivity index (χ3v) is 1.24. The Hall–Kier alpha value is -1.63. The first-order valence-electron chi connectivity index (χ1n) is 2.64. The summed E-state index contributed by atoms with van der Waals surface area (Å²) in [6.45, 7) is 0. The van der Waals surface area contributed by atoms with E-state index >= 15 is 0 Å². The van der Waals surface area contributed by atoms with Crippen LogP contribution in [0.25, 0.3) is 0 Å². The van der Waals surface area contributed by atoms with Gasteiger partial charge in [0.25, 0.3) is 0 Å². The van der Waals surface area contributed by atoms with Gasteiger partial charge < -0.3 is 14.8 Å². The largest absolute Gasteiger partial charge is 0.505 e. The molecule has 0 aliphatic carbocycles. The van der Waals surface area contributed by atoms with Crippen molar-refractivity contribution in [2.24, 2.45) is 7.05 Å². The second-order valence-electron chi connectivity index (χ2n) is 1.94. The van der Waals surface area contributed by atoms with Crippen molar-refractivity contribution in [1.82, 2.24) is 4.57 Å². The first-order chi connectivity index (χ1) is 4.66. The van der Waals surface area contributed by atoms with Crippen molar-refractivity contribution in [3.05, 3.63) is 11.8 Å². The number of hydrogen-bond donors (Lipinski definition) is 2. The standard InChI is InChI=1S/C6H6N2O2/c1-8-3-5(9)4(2-7)6(8)10/h3,9-10H,1H3. The second-order valence-corrected chi connectivity index (χ2v) is 1.94. The van der Waals surface area contributed by atoms with E-state index in [9.17, 15) is 0 Å². The van der Waals surface area contributed by atoms with Crippen LogP contribution in [0.5, 0.6) is 11.6 Å². The van der Waals surface area contributed by atoms with Crippen LogP contribution in [0.3, 0.4) is 0 Å². The molecule has 0 spiro atoms. The van der Waals surface area contributed by atoms with Gasteiger partial charge in [-0.15, -0.1) is 0 Å². The maximum Gasteiger partial charge on any atom is 0.213 e. The minimum Gasteiger partial charge on any atom is -0.505 e. The molecule has 0 saturated carbocycles. The van der Waals surface area contributed by atoms with Crippen LogP contribution in [0.15, 0.2) is 6.20 Å². The number of hydrogen-bond acceptors (Lipinski definition) is 3. The molecule has 4 nitrogen and oxygen atoms in total. The summed E-state index contributed by atoms with van der Waals surface area (Å²) in [7, 11) is 1.54. The van der Waals surface area contributed by atoms with E-state index in [4.69, 9.17) is 15.5 Å². The third kappa shape index (κ3) is 0.685. The average Bonchev–Trinajstić information content (AvgIpc) is 2.09. The molecule has 1 aromatic heterocycles. The molecule has 0 bridgehead atoms. The highest BCUT2D eigenvalue weighted by atomic mass is 16.3. The molecule has 52 valence electrons. The Morgan fingerprint density at radius 3 is 2.40 bits per heavy atom. The highest BCUT2D eigenvalue weighted by Gasteiger charge is 2.10. The van der Waals surface area contributed by atoms with Gasteiger partial charge in [0.15, 0.2) is 11.3 Å². The van der Waals surface area contributed by atoms with Crippen LogP contribution in [-0.4, -0.2) is 14.8 Å². The van der Waals surface area contributed by atoms with Crippen LogP contribution in [0.2, 0.25) is 0 Å². The summed E-state index contributed by atoms with van der Waals surface area (Å²) in [5.41, 5.74) is -0.0810. The van der Waals surface area contributed by atoms with Gasteiger partial charge in [0, 0.05) is 7.05 Å². The lowest BCUT2D eigenvalue weighted by Crippen LogP contribution is -1.81. The molecule has 0 aliphatic rings. The Kier molecular flexibility index (Phi) is 1.27. The molecule has 0 amide bonds. The van der Waals surface area contributed by atoms with E-state index in [0.29, 0.717) is 0 Å². The van der Waals surface area contributed by atoms with Gasteiger partial charge in [0.05, 0.1) is 6.20 Å². The number of nitriles is 1. The summed E-state index contributed by atoms with van der Waals surface area (Å²) >= 11 is 0. The van der Waals surface area contributed by atoms with Crippen molar-refractivity contribution >= 4 is 0 Å². The van der Waals surface area contributed by atoms with E-state index < -0.39 is 0 Å². The van der Waals surface area contributed by atoms with Crippen molar-refractivity contribution in [2.75, 3.05) is 0 Å². The summed E-state index contributed by atoms with van der Waals surface area (Å²) < 4.78 is 1.27. The quantitative estimate of drug-likeness (QED) is 0.542. The molecule has 0 atom stereocenters. The summed E-state index contributed by atoms with van der Waals surface area (Å²) in [6.07, 6.45) is 1.27. The van der Waals surface area contributed by atoms with Gasteiger partial charge in [0.2, 0.25) is 5.88 Å². The lowest BCUT2D eigenvalue weighted by Gasteiger charge is -1.89. The maximum absolute atomic E-state index is 9.00. The molecule has 0 aromatic carbocycles. The van der Waals surface area contributed by atoms with Crippen LogP contribution < -0.4 is 0 Å². The molecule has 1 rings (SSSR count). The van der Waals surface area contributed by atoms with Crippen molar-refractivity contribution < 1.29 is 10.2 Å². The lowest BCUT2D eigenvalue weighted by molar-refractivity contribution is 0.429. The molecule has 0 aliphatic heterocycles. The molecule has 10 heavy (non-hydrogen) atoms. The Labute approximate surface area is 57.6 Å². The van der Waals surface area contributed by atoms with Crippen LogP contribution >= 0.6 is 0 Å². The minimum atomic E-state index is -0.208. The van der Waals surface area contributed by atoms with Crippen LogP contribution in [0, 0.1) is 11.3 Å². The zero-order valence-electron chi connectivity index (χ0n) is 5.37. The number of nitrogens with zero attached hydrogens (tertiary/aromatic N) is 2. The zero-order chi connectivity index (χ0) is 7.72. The Morgan fingerprint density at radius 1 is 1.60 bits per heavy atom. The summed E-state index contributed by atoms with van der Waals surface area (Å²) in [5, 5.41) is 26.2. The van der Waals surface area contributed by atoms with Gasteiger partial charge in [-0.1, -0.05) is 0 Å². The van der Waals surface area contributed by atoms with Gasteiger partial charge in [0.1, 0.15) is 6.07 Å². The fourth-order valence-electron chi connectivity index (χ4n) is 0.707. The number of aromatic hydroxyl groups is 2. The molecule has 4 heteroatoms. The van der Waals surface area contributed by atoms with E-state index in [0.717, 1.165) is 0 Å². The van der Waals surface area contributed by atoms with Gasteiger partial charge in [-0.2, -0.15) is 5.26 Å². The van der Waals surface area contributed by atoms with E-state index in [-0.39, 0.29) is 17.2 Å². The first kappa shape index (κ1) is 6.49. The highest BCUT2D eigenvalue weighted by molar-refractivity contribution is 5.49. The van der Waals surface area contributed by atoms with E-state index in [1.807, 2.05) is 0 Å². The number of aryl methyl sites for hydroxylation is 1. The molecule has 1 heterocycles. The molecular weight excluding hydrogens is 132 g/mol. The van der Waals surface area contributed by atoms with Crippen LogP contribution in [0.1, 0.15) is 5.56 Å². The van der Waals surface area contributed by atoms with Gasteiger partial charge in [-0.25, -0.2) is 0 Å². The topological polar surface area (TPSA) is 69.2 Å². The predicted molar refractivity (Wildman–Crippen MR) is 33.5 cm³/mol. The number of aromatic nitrogens is 1. The second kappa shape index (κ2) is 1.95. The first-order valence-corrected chi connectivity index (χ1v) is 2.64. The Morgan fingerprint density at radius 2 is 2.20 bits per heavy atom. The van der Waals surface area contributed by atoms with Crippen LogP contribution in [-0.2, 0) is 7.05 Å². The normalized spacial score (nSPS) is 9.20. The molecule has 1 aromatic rings. The van der Waals surface area contributed by atoms with Gasteiger partial charge in [-0.05, 0) is 0 Å². The molecular formula is C6H6N2O2. The van der Waals surface area contributed by atoms with E-state index in [2.05, 4.69) is 0 Å². The smallest absolute Gasteiger partial charge is 0.213 e. The van der Waals surface area contributed by atoms with E-state index in [1.54, 1.807) is 6.07 Å². The fourth-order valence-corrected chi connectivity index (χ4v) is 0.707. The monoisotopic (exact) mass is 138 g/mol. The zero-order valence-corrected chi connectivity index (χ0v) is 5.37. The maximum atomic E-state index is 9.00. The minimum absolute atomic E-state index is 0.0810. The van der Waals surface area contributed by atoms with Gasteiger partial charge in [-0.3, -0.25) is 0 Å². The highest BCUT2D eigenvalue weighted by Crippen LogP contribution is 2.26. The van der Waals surface area contributed by atoms with Gasteiger partial charge >= 0.3 is 0 Å². The molecule has 2 N–H and O–H groups in total. The lowest BCUT2D eigenvalue weighted by atomic mass is 10.3. The summed E-state index contributed by atoms with van der Waals surface area (Å²) in [5.74, 6) is -0.400. The van der Waals surface area contributed by atoms with Crippen LogP contribution in [0.4, 0.5) is 0 Å². The molecule has 0 radical (unpaired) electrons. The average molecular weight is 138 g/mol. The fraction of sp³-hybridized carbons (Fsp3) is 0.167. The Balaban J connectivity index is 3.37. The van der Waals surface area contributed by atoms with Crippen molar-refractivity contribution in [3.8, 4) is 17.7 Å². The third-order valence-electron chi connectivity index (χ3n) is 1.24. The molecule has 0 fully saturated rings. The summed E-state index contributed by atoms with van der Waals surface area (Å²) in [6, 6.07) is 1.66. The number of rotatable bonds is 0. The van der Waals surface area contributed by atoms with E-state index in [1.165, 1.54) is 17.8 Å². The Bertz CT molecular complexity index is 295. The van der Waals surface area contributed by atoms with Crippen molar-refractivity contribution in [1.29, 1.82) is 5.26 Å². The predicted octanol–water partition coefficient (Wildman–Crippen LogP) is 0.308. The SMILES string of the molecule is Cn1cc(O)c(C#N)c1O.